The van der Waals surface area contributed by atoms with Crippen molar-refractivity contribution in [1.82, 2.24) is 14.4 Å². The van der Waals surface area contributed by atoms with Crippen molar-refractivity contribution in [2.75, 3.05) is 14.1 Å². The van der Waals surface area contributed by atoms with Crippen LogP contribution >= 0.6 is 0 Å². The Morgan fingerprint density at radius 1 is 0.839 bits per heavy atom. The van der Waals surface area contributed by atoms with E-state index in [0.717, 1.165) is 15.9 Å². The van der Waals surface area contributed by atoms with Gasteiger partial charge in [0.1, 0.15) is 5.57 Å². The average molecular weight is 425 g/mol. The number of urea groups is 1. The largest absolute Gasteiger partial charge is 0.478 e. The van der Waals surface area contributed by atoms with Crippen molar-refractivity contribution in [3.63, 3.8) is 0 Å². The Bertz CT molecular complexity index is 1150. The number of nitrogens with zero attached hydrogens (tertiary/aromatic N) is 3. The molecular weight excluding hydrogens is 406 g/mol. The molecule has 1 aromatic carbocycles. The van der Waals surface area contributed by atoms with Crippen LogP contribution in [0.15, 0.2) is 29.8 Å². The number of rotatable bonds is 4. The zero-order chi connectivity index (χ0) is 23.2. The quantitative estimate of drug-likeness (QED) is 0.564. The van der Waals surface area contributed by atoms with Crippen molar-refractivity contribution in [3.05, 3.63) is 57.9 Å². The van der Waals surface area contributed by atoms with Crippen LogP contribution in [0.5, 0.6) is 0 Å². The maximum atomic E-state index is 12.5. The highest BCUT2D eigenvalue weighted by Crippen LogP contribution is 2.26. The van der Waals surface area contributed by atoms with E-state index in [9.17, 15) is 34.2 Å². The fourth-order valence-electron chi connectivity index (χ4n) is 3.45. The Balaban J connectivity index is 2.16. The monoisotopic (exact) mass is 425 g/mol. The van der Waals surface area contributed by atoms with Crippen molar-refractivity contribution in [3.8, 4) is 5.69 Å². The predicted octanol–water partition coefficient (Wildman–Crippen LogP) is 1.92. The summed E-state index contributed by atoms with van der Waals surface area (Å²) in [7, 11) is 2.55. The number of benzene rings is 1. The minimum absolute atomic E-state index is 0.193. The maximum absolute atomic E-state index is 12.5. The number of carboxylic acid groups (broad SMARTS) is 2. The van der Waals surface area contributed by atoms with Crippen molar-refractivity contribution in [2.24, 2.45) is 0 Å². The predicted molar refractivity (Wildman–Crippen MR) is 108 cm³/mol. The van der Waals surface area contributed by atoms with E-state index in [1.165, 1.54) is 32.3 Å². The molecule has 2 N–H and O–H groups in total. The van der Waals surface area contributed by atoms with Crippen LogP contribution in [0.4, 0.5) is 4.79 Å². The van der Waals surface area contributed by atoms with Crippen molar-refractivity contribution >= 4 is 35.9 Å². The standard InChI is InChI=1S/C21H19N3O7/c1-10-5-12(9-16-17(25)22(3)21(31)23(4)18(16)26)11(2)24(10)15-7-13(19(27)28)6-14(8-15)20(29)30/h5-9H,1-4H3,(H,27,28)(H,29,30). The maximum Gasteiger partial charge on any atom is 0.335 e. The molecule has 0 spiro atoms. The number of barbiturate groups is 1. The van der Waals surface area contributed by atoms with Gasteiger partial charge in [-0.05, 0) is 49.8 Å². The number of hydrogen-bond acceptors (Lipinski definition) is 5. The SMILES string of the molecule is Cc1cc(C=C2C(=O)N(C)C(=O)N(C)C2=O)c(C)n1-c1cc(C(=O)O)cc(C(=O)O)c1. The second-order valence-electron chi connectivity index (χ2n) is 7.11. The summed E-state index contributed by atoms with van der Waals surface area (Å²) in [4.78, 5) is 61.4. The van der Waals surface area contributed by atoms with Crippen molar-refractivity contribution < 1.29 is 34.2 Å². The van der Waals surface area contributed by atoms with Crippen LogP contribution in [-0.4, -0.2) is 68.5 Å². The van der Waals surface area contributed by atoms with Gasteiger partial charge in [0, 0.05) is 31.2 Å². The minimum atomic E-state index is -1.27. The molecule has 0 radical (unpaired) electrons. The lowest BCUT2D eigenvalue weighted by molar-refractivity contribution is -0.134. The van der Waals surface area contributed by atoms with Crippen LogP contribution < -0.4 is 0 Å². The lowest BCUT2D eigenvalue weighted by Gasteiger charge is -2.28. The number of carboxylic acids is 2. The molecule has 1 aliphatic rings. The number of carbonyl (C=O) groups excluding carboxylic acids is 3. The summed E-state index contributed by atoms with van der Waals surface area (Å²) < 4.78 is 1.63. The second kappa shape index (κ2) is 7.56. The number of imide groups is 2. The number of hydrogen-bond donors (Lipinski definition) is 2. The molecule has 1 fully saturated rings. The zero-order valence-corrected chi connectivity index (χ0v) is 17.2. The molecular formula is C21H19N3O7. The number of aromatic carboxylic acids is 2. The molecule has 0 bridgehead atoms. The van der Waals surface area contributed by atoms with E-state index >= 15 is 0 Å². The zero-order valence-electron chi connectivity index (χ0n) is 17.2. The number of likely N-dealkylation sites (N-methyl/N-ethyl adjacent to an activating group) is 2. The van der Waals surface area contributed by atoms with Gasteiger partial charge in [-0.2, -0.15) is 0 Å². The van der Waals surface area contributed by atoms with Crippen LogP contribution in [0.1, 0.15) is 37.7 Å². The van der Waals surface area contributed by atoms with Gasteiger partial charge in [-0.25, -0.2) is 14.4 Å². The molecule has 2 heterocycles. The molecule has 1 aliphatic heterocycles. The van der Waals surface area contributed by atoms with Crippen LogP contribution in [0, 0.1) is 13.8 Å². The molecule has 4 amide bonds. The van der Waals surface area contributed by atoms with E-state index in [0.29, 0.717) is 22.6 Å². The highest BCUT2D eigenvalue weighted by molar-refractivity contribution is 6.30. The average Bonchev–Trinajstić information content (AvgIpc) is 3.00. The number of amides is 4. The Labute approximate surface area is 176 Å². The molecule has 0 unspecified atom stereocenters. The van der Waals surface area contributed by atoms with Gasteiger partial charge in [-0.3, -0.25) is 19.4 Å². The molecule has 0 aliphatic carbocycles. The van der Waals surface area contributed by atoms with Gasteiger partial charge in [0.05, 0.1) is 11.1 Å². The molecule has 3 rings (SSSR count). The first-order chi connectivity index (χ1) is 14.4. The molecule has 1 aromatic heterocycles. The van der Waals surface area contributed by atoms with Gasteiger partial charge < -0.3 is 14.8 Å². The Kier molecular flexibility index (Phi) is 5.24. The summed E-state index contributed by atoms with van der Waals surface area (Å²) in [5.41, 5.74) is 1.38. The summed E-state index contributed by atoms with van der Waals surface area (Å²) in [5, 5.41) is 18.7. The third kappa shape index (κ3) is 3.59. The van der Waals surface area contributed by atoms with Gasteiger partial charge in [0.15, 0.2) is 0 Å². The van der Waals surface area contributed by atoms with Gasteiger partial charge >= 0.3 is 18.0 Å². The summed E-state index contributed by atoms with van der Waals surface area (Å²) in [6, 6.07) is 4.68. The van der Waals surface area contributed by atoms with Crippen LogP contribution in [-0.2, 0) is 9.59 Å². The summed E-state index contributed by atoms with van der Waals surface area (Å²) in [5.74, 6) is -4.02. The molecule has 160 valence electrons. The van der Waals surface area contributed by atoms with Crippen LogP contribution in [0.3, 0.4) is 0 Å². The van der Waals surface area contributed by atoms with Crippen LogP contribution in [0.25, 0.3) is 11.8 Å². The first-order valence-electron chi connectivity index (χ1n) is 9.06. The lowest BCUT2D eigenvalue weighted by Crippen LogP contribution is -2.52. The van der Waals surface area contributed by atoms with Gasteiger partial charge in [-0.1, -0.05) is 0 Å². The van der Waals surface area contributed by atoms with Gasteiger partial charge in [-0.15, -0.1) is 0 Å². The third-order valence-electron chi connectivity index (χ3n) is 5.08. The first kappa shape index (κ1) is 21.5. The third-order valence-corrected chi connectivity index (χ3v) is 5.08. The molecule has 0 atom stereocenters. The molecule has 1 saturated heterocycles. The van der Waals surface area contributed by atoms with Crippen molar-refractivity contribution in [2.45, 2.75) is 13.8 Å². The van der Waals surface area contributed by atoms with Gasteiger partial charge in [0.25, 0.3) is 11.8 Å². The van der Waals surface area contributed by atoms with Gasteiger partial charge in [0.2, 0.25) is 0 Å². The normalized spacial score (nSPS) is 14.3. The van der Waals surface area contributed by atoms with Crippen LogP contribution in [0.2, 0.25) is 0 Å². The smallest absolute Gasteiger partial charge is 0.335 e. The number of aromatic nitrogens is 1. The molecule has 10 heteroatoms. The van der Waals surface area contributed by atoms with E-state index in [4.69, 9.17) is 0 Å². The highest BCUT2D eigenvalue weighted by atomic mass is 16.4. The molecule has 0 saturated carbocycles. The lowest BCUT2D eigenvalue weighted by atomic mass is 10.1. The topological polar surface area (TPSA) is 137 Å². The Morgan fingerprint density at radius 3 is 1.77 bits per heavy atom. The Hall–Kier alpha value is -4.21. The Morgan fingerprint density at radius 2 is 1.32 bits per heavy atom. The number of aryl methyl sites for hydroxylation is 1. The molecule has 2 aromatic rings. The summed E-state index contributed by atoms with van der Waals surface area (Å²) >= 11 is 0. The fourth-order valence-corrected chi connectivity index (χ4v) is 3.45. The minimum Gasteiger partial charge on any atom is -0.478 e. The fraction of sp³-hybridized carbons (Fsp3) is 0.190. The summed E-state index contributed by atoms with van der Waals surface area (Å²) in [6.07, 6.45) is 1.36. The van der Waals surface area contributed by atoms with Crippen molar-refractivity contribution in [1.29, 1.82) is 0 Å². The van der Waals surface area contributed by atoms with E-state index < -0.39 is 29.8 Å². The highest BCUT2D eigenvalue weighted by Gasteiger charge is 2.38. The molecule has 10 nitrogen and oxygen atoms in total. The number of carbonyl (C=O) groups is 5. The van der Waals surface area contributed by atoms with E-state index in [2.05, 4.69) is 0 Å². The van der Waals surface area contributed by atoms with E-state index in [-0.39, 0.29) is 16.7 Å². The second-order valence-corrected chi connectivity index (χ2v) is 7.11. The van der Waals surface area contributed by atoms with E-state index in [1.807, 2.05) is 0 Å². The molecule has 31 heavy (non-hydrogen) atoms. The van der Waals surface area contributed by atoms with E-state index in [1.54, 1.807) is 24.5 Å². The summed E-state index contributed by atoms with van der Waals surface area (Å²) in [6.45, 7) is 3.40. The first-order valence-corrected chi connectivity index (χ1v) is 9.06.